The van der Waals surface area contributed by atoms with Crippen molar-refractivity contribution in [3.63, 3.8) is 0 Å². The number of aldehydes is 1. The number of phenolic OH excluding ortho intramolecular Hbond substituents is 2. The van der Waals surface area contributed by atoms with E-state index in [2.05, 4.69) is 6.58 Å². The SMILES string of the molecule is C=CCc1cc(O)cc(O)c1C=O. The van der Waals surface area contributed by atoms with Crippen LogP contribution in [0.15, 0.2) is 24.8 Å². The monoisotopic (exact) mass is 178 g/mol. The summed E-state index contributed by atoms with van der Waals surface area (Å²) < 4.78 is 0. The first-order valence-electron chi connectivity index (χ1n) is 3.80. The lowest BCUT2D eigenvalue weighted by Crippen LogP contribution is -1.91. The molecule has 2 N–H and O–H groups in total. The summed E-state index contributed by atoms with van der Waals surface area (Å²) >= 11 is 0. The Hall–Kier alpha value is -1.77. The molecule has 0 aliphatic rings. The normalized spacial score (nSPS) is 9.54. The van der Waals surface area contributed by atoms with E-state index in [1.807, 2.05) is 0 Å². The number of hydrogen-bond donors (Lipinski definition) is 2. The van der Waals surface area contributed by atoms with Crippen LogP contribution in [0.1, 0.15) is 15.9 Å². The van der Waals surface area contributed by atoms with Gasteiger partial charge in [-0.05, 0) is 18.1 Å². The van der Waals surface area contributed by atoms with Crippen molar-refractivity contribution in [3.8, 4) is 11.5 Å². The quantitative estimate of drug-likeness (QED) is 0.546. The minimum atomic E-state index is -0.202. The largest absolute Gasteiger partial charge is 0.508 e. The van der Waals surface area contributed by atoms with E-state index in [1.54, 1.807) is 6.08 Å². The number of aromatic hydroxyl groups is 2. The van der Waals surface area contributed by atoms with E-state index >= 15 is 0 Å². The van der Waals surface area contributed by atoms with Crippen LogP contribution in [0, 0.1) is 0 Å². The molecule has 1 aromatic rings. The van der Waals surface area contributed by atoms with Crippen molar-refractivity contribution in [2.24, 2.45) is 0 Å². The third kappa shape index (κ3) is 1.87. The zero-order valence-corrected chi connectivity index (χ0v) is 7.03. The molecule has 13 heavy (non-hydrogen) atoms. The highest BCUT2D eigenvalue weighted by molar-refractivity contribution is 5.82. The zero-order chi connectivity index (χ0) is 9.84. The molecule has 0 aliphatic heterocycles. The van der Waals surface area contributed by atoms with Gasteiger partial charge in [-0.1, -0.05) is 6.08 Å². The van der Waals surface area contributed by atoms with Gasteiger partial charge in [0.25, 0.3) is 0 Å². The molecule has 0 radical (unpaired) electrons. The van der Waals surface area contributed by atoms with E-state index in [0.717, 1.165) is 6.07 Å². The van der Waals surface area contributed by atoms with Crippen LogP contribution in [-0.4, -0.2) is 16.5 Å². The van der Waals surface area contributed by atoms with E-state index < -0.39 is 0 Å². The molecule has 68 valence electrons. The Morgan fingerprint density at radius 2 is 2.08 bits per heavy atom. The number of carbonyl (C=O) groups is 1. The van der Waals surface area contributed by atoms with Crippen LogP contribution in [0.5, 0.6) is 11.5 Å². The van der Waals surface area contributed by atoms with Gasteiger partial charge in [0.1, 0.15) is 11.5 Å². The summed E-state index contributed by atoms with van der Waals surface area (Å²) in [5.41, 5.74) is 0.778. The first-order valence-corrected chi connectivity index (χ1v) is 3.80. The number of benzene rings is 1. The Kier molecular flexibility index (Phi) is 2.69. The molecule has 0 unspecified atom stereocenters. The van der Waals surface area contributed by atoms with Crippen molar-refractivity contribution < 1.29 is 15.0 Å². The van der Waals surface area contributed by atoms with Gasteiger partial charge in [-0.25, -0.2) is 0 Å². The first kappa shape index (κ1) is 9.32. The second-order valence-electron chi connectivity index (χ2n) is 2.65. The van der Waals surface area contributed by atoms with Gasteiger partial charge in [0.05, 0.1) is 5.56 Å². The van der Waals surface area contributed by atoms with Crippen LogP contribution in [0.25, 0.3) is 0 Å². The van der Waals surface area contributed by atoms with Gasteiger partial charge in [-0.3, -0.25) is 4.79 Å². The summed E-state index contributed by atoms with van der Waals surface area (Å²) in [4.78, 5) is 10.6. The Morgan fingerprint density at radius 3 is 2.62 bits per heavy atom. The Morgan fingerprint density at radius 1 is 1.38 bits per heavy atom. The molecule has 0 aliphatic carbocycles. The minimum Gasteiger partial charge on any atom is -0.508 e. The number of hydrogen-bond acceptors (Lipinski definition) is 3. The van der Waals surface area contributed by atoms with Gasteiger partial charge in [0, 0.05) is 6.07 Å². The maximum absolute atomic E-state index is 10.6. The molecule has 0 bridgehead atoms. The second kappa shape index (κ2) is 3.76. The van der Waals surface area contributed by atoms with Crippen LogP contribution < -0.4 is 0 Å². The Labute approximate surface area is 76.0 Å². The lowest BCUT2D eigenvalue weighted by atomic mass is 10.0. The van der Waals surface area contributed by atoms with Crippen molar-refractivity contribution in [1.82, 2.24) is 0 Å². The Bertz CT molecular complexity index is 342. The van der Waals surface area contributed by atoms with Gasteiger partial charge < -0.3 is 10.2 Å². The van der Waals surface area contributed by atoms with Crippen molar-refractivity contribution in [2.75, 3.05) is 0 Å². The number of rotatable bonds is 3. The summed E-state index contributed by atoms with van der Waals surface area (Å²) in [7, 11) is 0. The molecular weight excluding hydrogens is 168 g/mol. The van der Waals surface area contributed by atoms with E-state index in [4.69, 9.17) is 5.11 Å². The topological polar surface area (TPSA) is 57.5 Å². The van der Waals surface area contributed by atoms with Gasteiger partial charge in [0.15, 0.2) is 6.29 Å². The summed E-state index contributed by atoms with van der Waals surface area (Å²) in [5.74, 6) is -0.258. The molecule has 3 heteroatoms. The minimum absolute atomic E-state index is 0.0556. The third-order valence-electron chi connectivity index (χ3n) is 1.71. The number of carbonyl (C=O) groups excluding carboxylic acids is 1. The van der Waals surface area contributed by atoms with E-state index in [0.29, 0.717) is 18.3 Å². The summed E-state index contributed by atoms with van der Waals surface area (Å²) in [6, 6.07) is 2.57. The zero-order valence-electron chi connectivity index (χ0n) is 7.03. The van der Waals surface area contributed by atoms with Crippen LogP contribution >= 0.6 is 0 Å². The summed E-state index contributed by atoms with van der Waals surface area (Å²) in [6.45, 7) is 3.51. The number of allylic oxidation sites excluding steroid dienone is 1. The van der Waals surface area contributed by atoms with Gasteiger partial charge in [-0.2, -0.15) is 0 Å². The fourth-order valence-electron chi connectivity index (χ4n) is 1.14. The predicted molar refractivity (Wildman–Crippen MR) is 49.1 cm³/mol. The summed E-state index contributed by atoms with van der Waals surface area (Å²) in [5, 5.41) is 18.4. The average molecular weight is 178 g/mol. The molecule has 0 spiro atoms. The molecular formula is C10H10O3. The molecule has 0 amide bonds. The van der Waals surface area contributed by atoms with Gasteiger partial charge in [-0.15, -0.1) is 6.58 Å². The van der Waals surface area contributed by atoms with E-state index in [9.17, 15) is 9.90 Å². The predicted octanol–water partition coefficient (Wildman–Crippen LogP) is 1.64. The fraction of sp³-hybridized carbons (Fsp3) is 0.100. The van der Waals surface area contributed by atoms with Crippen LogP contribution in [0.3, 0.4) is 0 Å². The smallest absolute Gasteiger partial charge is 0.154 e. The lowest BCUT2D eigenvalue weighted by molar-refractivity contribution is 0.112. The molecule has 0 saturated carbocycles. The number of phenols is 2. The second-order valence-corrected chi connectivity index (χ2v) is 2.65. The summed E-state index contributed by atoms with van der Waals surface area (Å²) in [6.07, 6.45) is 2.60. The van der Waals surface area contributed by atoms with Gasteiger partial charge in [0.2, 0.25) is 0 Å². The highest BCUT2D eigenvalue weighted by Gasteiger charge is 2.07. The maximum Gasteiger partial charge on any atom is 0.154 e. The average Bonchev–Trinajstić information content (AvgIpc) is 2.04. The standard InChI is InChI=1S/C10H10O3/c1-2-3-7-4-8(12)5-10(13)9(7)6-11/h2,4-6,12-13H,1,3H2. The molecule has 0 saturated heterocycles. The van der Waals surface area contributed by atoms with Crippen LogP contribution in [0.2, 0.25) is 0 Å². The molecule has 1 aromatic carbocycles. The molecule has 1 rings (SSSR count). The third-order valence-corrected chi connectivity index (χ3v) is 1.71. The van der Waals surface area contributed by atoms with Crippen LogP contribution in [0.4, 0.5) is 0 Å². The molecule has 3 nitrogen and oxygen atoms in total. The molecule has 0 atom stereocenters. The van der Waals surface area contributed by atoms with Crippen molar-refractivity contribution in [2.45, 2.75) is 6.42 Å². The molecule has 0 aromatic heterocycles. The maximum atomic E-state index is 10.6. The highest BCUT2D eigenvalue weighted by Crippen LogP contribution is 2.26. The van der Waals surface area contributed by atoms with E-state index in [1.165, 1.54) is 6.07 Å². The van der Waals surface area contributed by atoms with Gasteiger partial charge >= 0.3 is 0 Å². The van der Waals surface area contributed by atoms with Crippen molar-refractivity contribution in [3.05, 3.63) is 35.9 Å². The first-order chi connectivity index (χ1) is 6.19. The lowest BCUT2D eigenvalue weighted by Gasteiger charge is -2.04. The van der Waals surface area contributed by atoms with E-state index in [-0.39, 0.29) is 17.1 Å². The molecule has 0 heterocycles. The fourth-order valence-corrected chi connectivity index (χ4v) is 1.14. The highest BCUT2D eigenvalue weighted by atomic mass is 16.3. The Balaban J connectivity index is 3.28. The van der Waals surface area contributed by atoms with Crippen molar-refractivity contribution in [1.29, 1.82) is 0 Å². The molecule has 0 fully saturated rings. The van der Waals surface area contributed by atoms with Crippen molar-refractivity contribution >= 4 is 6.29 Å². The van der Waals surface area contributed by atoms with Crippen LogP contribution in [-0.2, 0) is 6.42 Å².